The van der Waals surface area contributed by atoms with Crippen LogP contribution in [0.3, 0.4) is 0 Å². The molecule has 0 heterocycles. The molecule has 0 fully saturated rings. The van der Waals surface area contributed by atoms with E-state index in [4.69, 9.17) is 4.74 Å². The number of likely N-dealkylation sites (N-methyl/N-ethyl adjacent to an activating group) is 2. The predicted molar refractivity (Wildman–Crippen MR) is 67.9 cm³/mol. The van der Waals surface area contributed by atoms with Crippen molar-refractivity contribution >= 4 is 0 Å². The van der Waals surface area contributed by atoms with Gasteiger partial charge in [0.05, 0.1) is 7.11 Å². The van der Waals surface area contributed by atoms with Crippen LogP contribution in [0.15, 0.2) is 18.2 Å². The predicted octanol–water partition coefficient (Wildman–Crippen LogP) is 2.05. The fraction of sp³-hybridized carbons (Fsp3) is 0.538. The normalized spacial score (nSPS) is 12.8. The molecule has 0 aromatic heterocycles. The first-order valence-electron chi connectivity index (χ1n) is 5.82. The molecule has 17 heavy (non-hydrogen) atoms. The van der Waals surface area contributed by atoms with E-state index in [-0.39, 0.29) is 17.6 Å². The zero-order chi connectivity index (χ0) is 12.8. The van der Waals surface area contributed by atoms with Gasteiger partial charge in [-0.05, 0) is 38.3 Å². The third kappa shape index (κ3) is 3.41. The van der Waals surface area contributed by atoms with Crippen molar-refractivity contribution in [2.45, 2.75) is 13.0 Å². The molecule has 0 amide bonds. The van der Waals surface area contributed by atoms with Crippen LogP contribution < -0.4 is 10.1 Å². The average molecular weight is 240 g/mol. The molecule has 0 aliphatic carbocycles. The second kappa shape index (κ2) is 6.57. The zero-order valence-electron chi connectivity index (χ0n) is 11.0. The van der Waals surface area contributed by atoms with Crippen molar-refractivity contribution in [2.24, 2.45) is 0 Å². The summed E-state index contributed by atoms with van der Waals surface area (Å²) in [6, 6.07) is 5.31. The van der Waals surface area contributed by atoms with E-state index >= 15 is 0 Å². The molecular formula is C13H21FN2O. The summed E-state index contributed by atoms with van der Waals surface area (Å²) in [5, 5.41) is 3.13. The molecule has 1 atom stereocenters. The molecule has 1 aromatic carbocycles. The molecule has 4 heteroatoms. The maximum absolute atomic E-state index is 13.7. The Morgan fingerprint density at radius 1 is 1.47 bits per heavy atom. The largest absolute Gasteiger partial charge is 0.494 e. The molecule has 96 valence electrons. The van der Waals surface area contributed by atoms with Crippen LogP contribution in [0.4, 0.5) is 4.39 Å². The van der Waals surface area contributed by atoms with E-state index in [1.807, 2.05) is 20.2 Å². The van der Waals surface area contributed by atoms with Crippen LogP contribution in [-0.4, -0.2) is 39.2 Å². The number of methoxy groups -OCH3 is 1. The van der Waals surface area contributed by atoms with Gasteiger partial charge in [-0.25, -0.2) is 4.39 Å². The molecule has 3 nitrogen and oxygen atoms in total. The fourth-order valence-electron chi connectivity index (χ4n) is 1.83. The molecular weight excluding hydrogens is 219 g/mol. The lowest BCUT2D eigenvalue weighted by molar-refractivity contribution is 0.253. The standard InChI is InChI=1S/C13H21FN2O/c1-5-16(3)12(9-15-2)10-6-7-13(17-4)11(14)8-10/h6-8,12,15H,5,9H2,1-4H3. The van der Waals surface area contributed by atoms with Crippen LogP contribution in [-0.2, 0) is 0 Å². The van der Waals surface area contributed by atoms with Crippen LogP contribution in [0.5, 0.6) is 5.75 Å². The molecule has 0 aliphatic rings. The van der Waals surface area contributed by atoms with E-state index in [9.17, 15) is 4.39 Å². The van der Waals surface area contributed by atoms with E-state index in [1.54, 1.807) is 12.1 Å². The molecule has 1 unspecified atom stereocenters. The van der Waals surface area contributed by atoms with Gasteiger partial charge in [0.2, 0.25) is 0 Å². The van der Waals surface area contributed by atoms with E-state index in [1.165, 1.54) is 7.11 Å². The van der Waals surface area contributed by atoms with E-state index < -0.39 is 0 Å². The SMILES string of the molecule is CCN(C)C(CNC)c1ccc(OC)c(F)c1. The molecule has 1 N–H and O–H groups in total. The number of hydrogen-bond acceptors (Lipinski definition) is 3. The van der Waals surface area contributed by atoms with Crippen LogP contribution in [0.1, 0.15) is 18.5 Å². The smallest absolute Gasteiger partial charge is 0.165 e. The van der Waals surface area contributed by atoms with Gasteiger partial charge in [-0.3, -0.25) is 4.90 Å². The molecule has 0 saturated heterocycles. The van der Waals surface area contributed by atoms with Crippen LogP contribution in [0.25, 0.3) is 0 Å². The highest BCUT2D eigenvalue weighted by Gasteiger charge is 2.16. The number of nitrogens with one attached hydrogen (secondary N) is 1. The lowest BCUT2D eigenvalue weighted by Crippen LogP contribution is -2.31. The Morgan fingerprint density at radius 2 is 2.18 bits per heavy atom. The number of nitrogens with zero attached hydrogens (tertiary/aromatic N) is 1. The van der Waals surface area contributed by atoms with Crippen molar-refractivity contribution in [3.8, 4) is 5.75 Å². The van der Waals surface area contributed by atoms with E-state index in [2.05, 4.69) is 17.1 Å². The Balaban J connectivity index is 2.98. The molecule has 0 saturated carbocycles. The summed E-state index contributed by atoms with van der Waals surface area (Å²) in [4.78, 5) is 2.18. The van der Waals surface area contributed by atoms with Crippen molar-refractivity contribution in [1.29, 1.82) is 0 Å². The second-order valence-corrected chi connectivity index (χ2v) is 4.04. The van der Waals surface area contributed by atoms with Gasteiger partial charge >= 0.3 is 0 Å². The van der Waals surface area contributed by atoms with Gasteiger partial charge < -0.3 is 10.1 Å². The number of rotatable bonds is 6. The number of benzene rings is 1. The number of hydrogen-bond donors (Lipinski definition) is 1. The number of halogens is 1. The summed E-state index contributed by atoms with van der Waals surface area (Å²) in [7, 11) is 5.40. The third-order valence-corrected chi connectivity index (χ3v) is 2.99. The summed E-state index contributed by atoms with van der Waals surface area (Å²) in [6.45, 7) is 3.79. The highest BCUT2D eigenvalue weighted by molar-refractivity contribution is 5.31. The Bertz CT molecular complexity index is 357. The van der Waals surface area contributed by atoms with Gasteiger partial charge in [0, 0.05) is 12.6 Å². The molecule has 0 spiro atoms. The van der Waals surface area contributed by atoms with Crippen molar-refractivity contribution in [1.82, 2.24) is 10.2 Å². The minimum atomic E-state index is -0.310. The fourth-order valence-corrected chi connectivity index (χ4v) is 1.83. The van der Waals surface area contributed by atoms with Gasteiger partial charge in [-0.1, -0.05) is 13.0 Å². The Labute approximate surface area is 103 Å². The Hall–Kier alpha value is -1.13. The first kappa shape index (κ1) is 13.9. The first-order valence-corrected chi connectivity index (χ1v) is 5.82. The van der Waals surface area contributed by atoms with Gasteiger partial charge in [-0.15, -0.1) is 0 Å². The van der Waals surface area contributed by atoms with Crippen molar-refractivity contribution in [2.75, 3.05) is 34.3 Å². The number of ether oxygens (including phenoxy) is 1. The van der Waals surface area contributed by atoms with Crippen LogP contribution >= 0.6 is 0 Å². The molecule has 0 bridgehead atoms. The summed E-state index contributed by atoms with van der Waals surface area (Å²) in [5.74, 6) is -0.0216. The Morgan fingerprint density at radius 3 is 2.65 bits per heavy atom. The van der Waals surface area contributed by atoms with Crippen molar-refractivity contribution in [3.05, 3.63) is 29.6 Å². The maximum Gasteiger partial charge on any atom is 0.165 e. The zero-order valence-corrected chi connectivity index (χ0v) is 11.0. The van der Waals surface area contributed by atoms with E-state index in [0.717, 1.165) is 18.7 Å². The summed E-state index contributed by atoms with van der Waals surface area (Å²) in [5.41, 5.74) is 0.960. The van der Waals surface area contributed by atoms with Gasteiger partial charge in [0.15, 0.2) is 11.6 Å². The summed E-state index contributed by atoms with van der Waals surface area (Å²) >= 11 is 0. The summed E-state index contributed by atoms with van der Waals surface area (Å²) < 4.78 is 18.6. The highest BCUT2D eigenvalue weighted by Crippen LogP contribution is 2.24. The summed E-state index contributed by atoms with van der Waals surface area (Å²) in [6.07, 6.45) is 0. The molecule has 1 rings (SSSR count). The van der Waals surface area contributed by atoms with Crippen molar-refractivity contribution < 1.29 is 9.13 Å². The minimum absolute atomic E-state index is 0.172. The monoisotopic (exact) mass is 240 g/mol. The lowest BCUT2D eigenvalue weighted by Gasteiger charge is -2.27. The topological polar surface area (TPSA) is 24.5 Å². The Kier molecular flexibility index (Phi) is 5.38. The molecule has 0 aliphatic heterocycles. The van der Waals surface area contributed by atoms with Crippen LogP contribution in [0.2, 0.25) is 0 Å². The maximum atomic E-state index is 13.7. The molecule has 1 aromatic rings. The van der Waals surface area contributed by atoms with Crippen LogP contribution in [0, 0.1) is 5.82 Å². The second-order valence-electron chi connectivity index (χ2n) is 4.04. The quantitative estimate of drug-likeness (QED) is 0.823. The van der Waals surface area contributed by atoms with Gasteiger partial charge in [0.25, 0.3) is 0 Å². The van der Waals surface area contributed by atoms with Gasteiger partial charge in [0.1, 0.15) is 0 Å². The molecule has 0 radical (unpaired) electrons. The van der Waals surface area contributed by atoms with Gasteiger partial charge in [-0.2, -0.15) is 0 Å². The third-order valence-electron chi connectivity index (χ3n) is 2.99. The minimum Gasteiger partial charge on any atom is -0.494 e. The van der Waals surface area contributed by atoms with E-state index in [0.29, 0.717) is 0 Å². The lowest BCUT2D eigenvalue weighted by atomic mass is 10.1. The van der Waals surface area contributed by atoms with Crippen molar-refractivity contribution in [3.63, 3.8) is 0 Å². The average Bonchev–Trinajstić information content (AvgIpc) is 2.35. The highest BCUT2D eigenvalue weighted by atomic mass is 19.1. The first-order chi connectivity index (χ1) is 8.13.